The highest BCUT2D eigenvalue weighted by molar-refractivity contribution is 6.00. The van der Waals surface area contributed by atoms with Gasteiger partial charge >= 0.3 is 0 Å². The van der Waals surface area contributed by atoms with Gasteiger partial charge in [0.2, 0.25) is 11.8 Å². The van der Waals surface area contributed by atoms with Gasteiger partial charge in [0.1, 0.15) is 6.23 Å². The summed E-state index contributed by atoms with van der Waals surface area (Å²) in [5.41, 5.74) is 3.26. The molecule has 0 saturated carbocycles. The van der Waals surface area contributed by atoms with E-state index >= 15 is 0 Å². The SMILES string of the molecule is O=C1CCC(N2Cc3c(CCCCCn4cccn4)cccc3C2O)C(=O)N1. The molecule has 2 aromatic rings. The molecule has 2 aliphatic rings. The van der Waals surface area contributed by atoms with Crippen molar-refractivity contribution in [3.63, 3.8) is 0 Å². The fourth-order valence-electron chi connectivity index (χ4n) is 4.25. The molecule has 7 nitrogen and oxygen atoms in total. The number of aromatic nitrogens is 2. The van der Waals surface area contributed by atoms with E-state index < -0.39 is 12.3 Å². The maximum Gasteiger partial charge on any atom is 0.244 e. The Labute approximate surface area is 164 Å². The summed E-state index contributed by atoms with van der Waals surface area (Å²) >= 11 is 0. The number of aliphatic hydroxyl groups excluding tert-OH is 1. The summed E-state index contributed by atoms with van der Waals surface area (Å²) in [6.07, 6.45) is 7.99. The number of aryl methyl sites for hydroxylation is 2. The predicted molar refractivity (Wildman–Crippen MR) is 103 cm³/mol. The van der Waals surface area contributed by atoms with Crippen LogP contribution in [0.25, 0.3) is 0 Å². The summed E-state index contributed by atoms with van der Waals surface area (Å²) in [5, 5.41) is 17.4. The lowest BCUT2D eigenvalue weighted by Crippen LogP contribution is -2.51. The maximum absolute atomic E-state index is 12.2. The van der Waals surface area contributed by atoms with Crippen LogP contribution in [0.15, 0.2) is 36.7 Å². The summed E-state index contributed by atoms with van der Waals surface area (Å²) in [4.78, 5) is 25.5. The number of nitrogens with one attached hydrogen (secondary N) is 1. The molecule has 0 aliphatic carbocycles. The number of hydrogen-bond donors (Lipinski definition) is 2. The molecule has 2 unspecified atom stereocenters. The second-order valence-corrected chi connectivity index (χ2v) is 7.58. The Balaban J connectivity index is 1.36. The molecule has 3 heterocycles. The Morgan fingerprint density at radius 2 is 2.07 bits per heavy atom. The average molecular weight is 382 g/mol. The molecule has 28 heavy (non-hydrogen) atoms. The van der Waals surface area contributed by atoms with Gasteiger partial charge in [0.25, 0.3) is 0 Å². The first-order valence-electron chi connectivity index (χ1n) is 9.99. The minimum atomic E-state index is -0.793. The van der Waals surface area contributed by atoms with Crippen molar-refractivity contribution >= 4 is 11.8 Å². The van der Waals surface area contributed by atoms with Crippen LogP contribution < -0.4 is 5.32 Å². The van der Waals surface area contributed by atoms with E-state index in [9.17, 15) is 14.7 Å². The van der Waals surface area contributed by atoms with Gasteiger partial charge in [-0.05, 0) is 42.9 Å². The zero-order valence-electron chi connectivity index (χ0n) is 15.9. The Morgan fingerprint density at radius 1 is 1.18 bits per heavy atom. The second kappa shape index (κ2) is 8.24. The summed E-state index contributed by atoms with van der Waals surface area (Å²) in [6.45, 7) is 1.48. The minimum absolute atomic E-state index is 0.233. The molecular formula is C21H26N4O3. The third kappa shape index (κ3) is 3.86. The molecule has 2 amide bonds. The van der Waals surface area contributed by atoms with Crippen LogP contribution in [0, 0.1) is 0 Å². The molecule has 0 radical (unpaired) electrons. The second-order valence-electron chi connectivity index (χ2n) is 7.58. The van der Waals surface area contributed by atoms with Crippen molar-refractivity contribution in [3.8, 4) is 0 Å². The molecule has 7 heteroatoms. The van der Waals surface area contributed by atoms with E-state index in [1.54, 1.807) is 6.20 Å². The zero-order chi connectivity index (χ0) is 19.5. The number of carbonyl (C=O) groups excluding carboxylic acids is 2. The number of rotatable bonds is 7. The van der Waals surface area contributed by atoms with Gasteiger partial charge < -0.3 is 5.11 Å². The third-order valence-corrected chi connectivity index (χ3v) is 5.75. The number of imide groups is 1. The molecule has 0 bridgehead atoms. The lowest BCUT2D eigenvalue weighted by Gasteiger charge is -2.31. The Hall–Kier alpha value is -2.51. The first kappa shape index (κ1) is 18.8. The number of fused-ring (bicyclic) bond motifs is 1. The minimum Gasteiger partial charge on any atom is -0.374 e. The van der Waals surface area contributed by atoms with Crippen LogP contribution >= 0.6 is 0 Å². The van der Waals surface area contributed by atoms with Gasteiger partial charge in [-0.1, -0.05) is 24.6 Å². The number of aliphatic hydroxyl groups is 1. The van der Waals surface area contributed by atoms with Crippen molar-refractivity contribution < 1.29 is 14.7 Å². The first-order valence-corrected chi connectivity index (χ1v) is 9.99. The summed E-state index contributed by atoms with van der Waals surface area (Å²) in [5.74, 6) is -0.536. The highest BCUT2D eigenvalue weighted by Gasteiger charge is 2.40. The number of carbonyl (C=O) groups is 2. The summed E-state index contributed by atoms with van der Waals surface area (Å²) in [6, 6.07) is 7.52. The summed E-state index contributed by atoms with van der Waals surface area (Å²) in [7, 11) is 0. The van der Waals surface area contributed by atoms with Crippen LogP contribution in [0.5, 0.6) is 0 Å². The Morgan fingerprint density at radius 3 is 2.86 bits per heavy atom. The molecule has 1 aromatic carbocycles. The molecular weight excluding hydrogens is 356 g/mol. The van der Waals surface area contributed by atoms with E-state index in [4.69, 9.17) is 0 Å². The molecule has 2 aliphatic heterocycles. The van der Waals surface area contributed by atoms with Gasteiger partial charge in [0.15, 0.2) is 0 Å². The Bertz CT molecular complexity index is 849. The summed E-state index contributed by atoms with van der Waals surface area (Å²) < 4.78 is 1.95. The smallest absolute Gasteiger partial charge is 0.244 e. The van der Waals surface area contributed by atoms with Crippen molar-refractivity contribution in [2.24, 2.45) is 0 Å². The number of unbranched alkanes of at least 4 members (excludes halogenated alkanes) is 2. The van der Waals surface area contributed by atoms with Crippen LogP contribution in [-0.2, 0) is 29.1 Å². The van der Waals surface area contributed by atoms with Crippen molar-refractivity contribution in [3.05, 3.63) is 53.3 Å². The van der Waals surface area contributed by atoms with E-state index in [1.807, 2.05) is 34.0 Å². The quantitative estimate of drug-likeness (QED) is 0.564. The van der Waals surface area contributed by atoms with E-state index in [1.165, 1.54) is 5.56 Å². The van der Waals surface area contributed by atoms with Crippen molar-refractivity contribution in [2.45, 2.75) is 63.9 Å². The highest BCUT2D eigenvalue weighted by Crippen LogP contribution is 2.37. The van der Waals surface area contributed by atoms with Gasteiger partial charge in [-0.25, -0.2) is 0 Å². The van der Waals surface area contributed by atoms with Crippen molar-refractivity contribution in [1.82, 2.24) is 20.0 Å². The normalized spacial score (nSPS) is 22.3. The van der Waals surface area contributed by atoms with E-state index in [0.717, 1.165) is 43.4 Å². The fourth-order valence-corrected chi connectivity index (χ4v) is 4.25. The average Bonchev–Trinajstić information content (AvgIpc) is 3.31. The van der Waals surface area contributed by atoms with Crippen molar-refractivity contribution in [1.29, 1.82) is 0 Å². The molecule has 1 saturated heterocycles. The van der Waals surface area contributed by atoms with Gasteiger partial charge in [-0.15, -0.1) is 0 Å². The molecule has 148 valence electrons. The van der Waals surface area contributed by atoms with Gasteiger partial charge in [0.05, 0.1) is 6.04 Å². The van der Waals surface area contributed by atoms with E-state index in [0.29, 0.717) is 19.4 Å². The number of piperidine rings is 1. The standard InChI is InChI=1S/C21H26N4O3/c26-19-10-9-18(20(27)23-19)25-14-17-15(7-4-8-16(17)21(25)28)6-2-1-3-12-24-13-5-11-22-24/h4-5,7-8,11,13,18,21,28H,1-3,6,9-10,12,14H2,(H,23,26,27). The Kier molecular flexibility index (Phi) is 5.54. The third-order valence-electron chi connectivity index (χ3n) is 5.75. The molecule has 4 rings (SSSR count). The van der Waals surface area contributed by atoms with Gasteiger partial charge in [0, 0.05) is 37.5 Å². The van der Waals surface area contributed by atoms with Crippen LogP contribution in [-0.4, -0.2) is 37.6 Å². The topological polar surface area (TPSA) is 87.5 Å². The molecule has 1 aromatic heterocycles. The lowest BCUT2D eigenvalue weighted by atomic mass is 9.98. The molecule has 2 atom stereocenters. The number of amides is 2. The number of hydrogen-bond acceptors (Lipinski definition) is 5. The van der Waals surface area contributed by atoms with Gasteiger partial charge in [-0.3, -0.25) is 24.5 Å². The van der Waals surface area contributed by atoms with E-state index in [-0.39, 0.29) is 11.8 Å². The van der Waals surface area contributed by atoms with Crippen LogP contribution in [0.4, 0.5) is 0 Å². The van der Waals surface area contributed by atoms with E-state index in [2.05, 4.69) is 16.5 Å². The molecule has 2 N–H and O–H groups in total. The zero-order valence-corrected chi connectivity index (χ0v) is 15.9. The maximum atomic E-state index is 12.2. The molecule has 0 spiro atoms. The highest BCUT2D eigenvalue weighted by atomic mass is 16.3. The lowest BCUT2D eigenvalue weighted by molar-refractivity contribution is -0.141. The monoisotopic (exact) mass is 382 g/mol. The van der Waals surface area contributed by atoms with Crippen LogP contribution in [0.2, 0.25) is 0 Å². The van der Waals surface area contributed by atoms with Crippen molar-refractivity contribution in [2.75, 3.05) is 0 Å². The van der Waals surface area contributed by atoms with Crippen LogP contribution in [0.3, 0.4) is 0 Å². The number of benzene rings is 1. The number of nitrogens with zero attached hydrogens (tertiary/aromatic N) is 3. The largest absolute Gasteiger partial charge is 0.374 e. The van der Waals surface area contributed by atoms with Crippen LogP contribution in [0.1, 0.15) is 55.0 Å². The van der Waals surface area contributed by atoms with Gasteiger partial charge in [-0.2, -0.15) is 5.10 Å². The first-order chi connectivity index (χ1) is 13.6. The molecule has 1 fully saturated rings. The fraction of sp³-hybridized carbons (Fsp3) is 0.476. The predicted octanol–water partition coefficient (Wildman–Crippen LogP) is 1.91.